The third-order valence-electron chi connectivity index (χ3n) is 5.17. The fourth-order valence-corrected chi connectivity index (χ4v) is 3.91. The van der Waals surface area contributed by atoms with E-state index < -0.39 is 0 Å². The molecule has 2 fully saturated rings. The van der Waals surface area contributed by atoms with Gasteiger partial charge in [-0.15, -0.1) is 0 Å². The summed E-state index contributed by atoms with van der Waals surface area (Å²) in [6.45, 7) is 6.06. The number of nitrogens with zero attached hydrogens (tertiary/aromatic N) is 2. The molecule has 3 atom stereocenters. The molecule has 0 unspecified atom stereocenters. The molecule has 0 bridgehead atoms. The third kappa shape index (κ3) is 3.16. The molecule has 2 aliphatic heterocycles. The molecule has 6 heteroatoms. The average molecular weight is 322 g/mol. The second-order valence-electron chi connectivity index (χ2n) is 6.48. The number of methoxy groups -OCH3 is 2. The number of piperidine rings is 1. The molecular formula is C17H26N2O4. The highest BCUT2D eigenvalue weighted by molar-refractivity contribution is 5.93. The maximum atomic E-state index is 12.9. The Hall–Kier alpha value is -1.37. The van der Waals surface area contributed by atoms with E-state index in [0.29, 0.717) is 18.3 Å². The topological polar surface area (TPSA) is 55.2 Å². The number of carbonyl (C=O) groups excluding carboxylic acids is 1. The van der Waals surface area contributed by atoms with Gasteiger partial charge < -0.3 is 18.8 Å². The normalized spacial score (nSPS) is 28.1. The van der Waals surface area contributed by atoms with Crippen LogP contribution >= 0.6 is 0 Å². The zero-order valence-electron chi connectivity index (χ0n) is 14.2. The van der Waals surface area contributed by atoms with Gasteiger partial charge in [-0.2, -0.15) is 0 Å². The third-order valence-corrected chi connectivity index (χ3v) is 5.17. The predicted molar refractivity (Wildman–Crippen MR) is 85.5 cm³/mol. The van der Waals surface area contributed by atoms with Gasteiger partial charge in [-0.1, -0.05) is 0 Å². The number of hydrogen-bond donors (Lipinski definition) is 0. The minimum absolute atomic E-state index is 0.00523. The van der Waals surface area contributed by atoms with Crippen LogP contribution in [0.1, 0.15) is 22.5 Å². The largest absolute Gasteiger partial charge is 0.459 e. The van der Waals surface area contributed by atoms with Crippen molar-refractivity contribution in [3.8, 4) is 0 Å². The lowest BCUT2D eigenvalue weighted by atomic mass is 9.88. The zero-order valence-corrected chi connectivity index (χ0v) is 14.2. The monoisotopic (exact) mass is 322 g/mol. The van der Waals surface area contributed by atoms with Crippen LogP contribution in [0.5, 0.6) is 0 Å². The van der Waals surface area contributed by atoms with Crippen molar-refractivity contribution in [2.24, 2.45) is 5.92 Å². The summed E-state index contributed by atoms with van der Waals surface area (Å²) in [4.78, 5) is 17.2. The van der Waals surface area contributed by atoms with Crippen molar-refractivity contribution in [1.82, 2.24) is 9.80 Å². The smallest absolute Gasteiger partial charge is 0.290 e. The highest BCUT2D eigenvalue weighted by Gasteiger charge is 2.46. The lowest BCUT2D eigenvalue weighted by Crippen LogP contribution is -2.53. The van der Waals surface area contributed by atoms with Crippen molar-refractivity contribution in [1.29, 1.82) is 0 Å². The van der Waals surface area contributed by atoms with Crippen LogP contribution in [0.2, 0.25) is 0 Å². The molecule has 2 aliphatic rings. The van der Waals surface area contributed by atoms with Crippen molar-refractivity contribution in [3.63, 3.8) is 0 Å². The van der Waals surface area contributed by atoms with Crippen LogP contribution in [0, 0.1) is 12.8 Å². The first-order chi connectivity index (χ1) is 11.2. The molecule has 3 rings (SSSR count). The molecule has 3 heterocycles. The molecule has 128 valence electrons. The number of carbonyl (C=O) groups is 1. The van der Waals surface area contributed by atoms with E-state index in [1.165, 1.54) is 0 Å². The van der Waals surface area contributed by atoms with Gasteiger partial charge in [0.15, 0.2) is 5.76 Å². The summed E-state index contributed by atoms with van der Waals surface area (Å²) >= 11 is 0. The maximum Gasteiger partial charge on any atom is 0.290 e. The van der Waals surface area contributed by atoms with Crippen molar-refractivity contribution in [2.45, 2.75) is 25.5 Å². The Labute approximate surface area is 137 Å². The SMILES string of the molecule is COCCN1C[C@@H]2[C@@H](OC)CCN(C(=O)c3occc3C)[C@@H]2C1. The Morgan fingerprint density at radius 3 is 2.87 bits per heavy atom. The minimum Gasteiger partial charge on any atom is -0.459 e. The van der Waals surface area contributed by atoms with E-state index in [1.807, 2.05) is 17.9 Å². The standard InChI is InChI=1S/C17H26N2O4/c1-12-5-8-23-16(12)17(20)19-6-4-15(22-3)13-10-18(7-9-21-2)11-14(13)19/h5,8,13-15H,4,6-7,9-11H2,1-3H3/t13-,14+,15-/m0/s1. The highest BCUT2D eigenvalue weighted by Crippen LogP contribution is 2.33. The molecular weight excluding hydrogens is 296 g/mol. The number of likely N-dealkylation sites (tertiary alicyclic amines) is 2. The summed E-state index contributed by atoms with van der Waals surface area (Å²) in [6.07, 6.45) is 2.68. The number of ether oxygens (including phenoxy) is 2. The van der Waals surface area contributed by atoms with E-state index >= 15 is 0 Å². The van der Waals surface area contributed by atoms with E-state index in [0.717, 1.165) is 38.2 Å². The molecule has 0 aliphatic carbocycles. The van der Waals surface area contributed by atoms with Gasteiger partial charge in [0, 0.05) is 51.9 Å². The van der Waals surface area contributed by atoms with Gasteiger partial charge in [0.25, 0.3) is 5.91 Å². The van der Waals surface area contributed by atoms with Crippen LogP contribution in [0.3, 0.4) is 0 Å². The van der Waals surface area contributed by atoms with Gasteiger partial charge in [-0.05, 0) is 19.4 Å². The van der Waals surface area contributed by atoms with Crippen LogP contribution < -0.4 is 0 Å². The van der Waals surface area contributed by atoms with Gasteiger partial charge >= 0.3 is 0 Å². The molecule has 0 N–H and O–H groups in total. The van der Waals surface area contributed by atoms with Crippen molar-refractivity contribution < 1.29 is 18.7 Å². The molecule has 1 amide bonds. The van der Waals surface area contributed by atoms with Crippen LogP contribution in [-0.2, 0) is 9.47 Å². The number of aryl methyl sites for hydroxylation is 1. The Morgan fingerprint density at radius 2 is 2.22 bits per heavy atom. The molecule has 0 aromatic carbocycles. The Bertz CT molecular complexity index is 544. The first-order valence-corrected chi connectivity index (χ1v) is 8.24. The van der Waals surface area contributed by atoms with Crippen LogP contribution in [0.4, 0.5) is 0 Å². The van der Waals surface area contributed by atoms with Crippen molar-refractivity contribution >= 4 is 5.91 Å². The summed E-state index contributed by atoms with van der Waals surface area (Å²) in [6, 6.07) is 2.02. The van der Waals surface area contributed by atoms with Crippen LogP contribution in [-0.4, -0.2) is 74.9 Å². The van der Waals surface area contributed by atoms with Crippen molar-refractivity contribution in [3.05, 3.63) is 23.7 Å². The number of rotatable bonds is 5. The van der Waals surface area contributed by atoms with Crippen LogP contribution in [0.15, 0.2) is 16.7 Å². The number of hydrogen-bond acceptors (Lipinski definition) is 5. The predicted octanol–water partition coefficient (Wildman–Crippen LogP) is 1.40. The molecule has 2 saturated heterocycles. The second kappa shape index (κ2) is 7.03. The molecule has 1 aromatic heterocycles. The van der Waals surface area contributed by atoms with E-state index in [2.05, 4.69) is 4.90 Å². The van der Waals surface area contributed by atoms with E-state index in [1.54, 1.807) is 20.5 Å². The van der Waals surface area contributed by atoms with Gasteiger partial charge in [0.1, 0.15) is 0 Å². The Morgan fingerprint density at radius 1 is 1.39 bits per heavy atom. The Kier molecular flexibility index (Phi) is 5.04. The number of fused-ring (bicyclic) bond motifs is 1. The molecule has 1 aromatic rings. The number of amides is 1. The van der Waals surface area contributed by atoms with E-state index in [4.69, 9.17) is 13.9 Å². The van der Waals surface area contributed by atoms with Crippen molar-refractivity contribution in [2.75, 3.05) is 47.0 Å². The lowest BCUT2D eigenvalue weighted by Gasteiger charge is -2.40. The summed E-state index contributed by atoms with van der Waals surface area (Å²) in [5, 5.41) is 0. The van der Waals surface area contributed by atoms with E-state index in [-0.39, 0.29) is 18.1 Å². The quantitative estimate of drug-likeness (QED) is 0.820. The summed E-state index contributed by atoms with van der Waals surface area (Å²) < 4.78 is 16.3. The molecule has 0 radical (unpaired) electrons. The minimum atomic E-state index is 0.00523. The summed E-state index contributed by atoms with van der Waals surface area (Å²) in [5.74, 6) is 0.824. The molecule has 0 saturated carbocycles. The first-order valence-electron chi connectivity index (χ1n) is 8.24. The number of furan rings is 1. The lowest BCUT2D eigenvalue weighted by molar-refractivity contribution is -0.0166. The summed E-state index contributed by atoms with van der Waals surface area (Å²) in [5.41, 5.74) is 0.898. The highest BCUT2D eigenvalue weighted by atomic mass is 16.5. The maximum absolute atomic E-state index is 12.9. The van der Waals surface area contributed by atoms with Gasteiger partial charge in [0.2, 0.25) is 0 Å². The average Bonchev–Trinajstić information content (AvgIpc) is 3.17. The fourth-order valence-electron chi connectivity index (χ4n) is 3.91. The second-order valence-corrected chi connectivity index (χ2v) is 6.48. The van der Waals surface area contributed by atoms with Gasteiger partial charge in [-0.3, -0.25) is 9.69 Å². The molecule has 0 spiro atoms. The Balaban J connectivity index is 1.77. The van der Waals surface area contributed by atoms with Gasteiger partial charge in [0.05, 0.1) is 25.0 Å². The zero-order chi connectivity index (χ0) is 16.4. The molecule has 6 nitrogen and oxygen atoms in total. The van der Waals surface area contributed by atoms with Gasteiger partial charge in [-0.25, -0.2) is 0 Å². The molecule has 23 heavy (non-hydrogen) atoms. The van der Waals surface area contributed by atoms with E-state index in [9.17, 15) is 4.79 Å². The summed E-state index contributed by atoms with van der Waals surface area (Å²) in [7, 11) is 3.49. The fraction of sp³-hybridized carbons (Fsp3) is 0.706. The van der Waals surface area contributed by atoms with Crippen LogP contribution in [0.25, 0.3) is 0 Å². The first kappa shape index (κ1) is 16.5.